The second kappa shape index (κ2) is 5.85. The summed E-state index contributed by atoms with van der Waals surface area (Å²) >= 11 is 0. The van der Waals surface area contributed by atoms with Gasteiger partial charge in [-0.3, -0.25) is 4.79 Å². The van der Waals surface area contributed by atoms with Gasteiger partial charge in [0.25, 0.3) is 5.91 Å². The molecule has 1 heterocycles. The number of hydrogen-bond acceptors (Lipinski definition) is 2. The van der Waals surface area contributed by atoms with Crippen molar-refractivity contribution in [2.75, 3.05) is 19.7 Å². The minimum atomic E-state index is -0.433. The summed E-state index contributed by atoms with van der Waals surface area (Å²) in [6.45, 7) is 3.61. The van der Waals surface area contributed by atoms with Gasteiger partial charge in [0, 0.05) is 13.1 Å². The van der Waals surface area contributed by atoms with E-state index in [-0.39, 0.29) is 18.3 Å². The molecular weight excluding hydrogens is 233 g/mol. The number of amides is 1. The molecule has 4 heteroatoms. The van der Waals surface area contributed by atoms with Crippen molar-refractivity contribution in [3.8, 4) is 5.75 Å². The van der Waals surface area contributed by atoms with Crippen molar-refractivity contribution in [3.63, 3.8) is 0 Å². The van der Waals surface area contributed by atoms with Gasteiger partial charge in [-0.25, -0.2) is 4.39 Å². The van der Waals surface area contributed by atoms with Crippen LogP contribution in [0.25, 0.3) is 0 Å². The number of benzene rings is 1. The fourth-order valence-electron chi connectivity index (χ4n) is 2.21. The van der Waals surface area contributed by atoms with Crippen molar-refractivity contribution < 1.29 is 13.9 Å². The van der Waals surface area contributed by atoms with E-state index in [1.165, 1.54) is 12.1 Å². The average Bonchev–Trinajstić information content (AvgIpc) is 2.37. The molecule has 0 spiro atoms. The minimum Gasteiger partial charge on any atom is -0.481 e. The molecule has 0 bridgehead atoms. The van der Waals surface area contributed by atoms with Crippen LogP contribution in [-0.2, 0) is 4.79 Å². The van der Waals surface area contributed by atoms with Gasteiger partial charge in [0.05, 0.1) is 0 Å². The van der Waals surface area contributed by atoms with Crippen molar-refractivity contribution in [2.45, 2.75) is 19.8 Å². The summed E-state index contributed by atoms with van der Waals surface area (Å²) < 4.78 is 18.5. The van der Waals surface area contributed by atoms with E-state index in [1.807, 2.05) is 0 Å². The highest BCUT2D eigenvalue weighted by Crippen LogP contribution is 2.17. The van der Waals surface area contributed by atoms with Crippen LogP contribution in [0.15, 0.2) is 24.3 Å². The summed E-state index contributed by atoms with van der Waals surface area (Å²) in [6.07, 6.45) is 2.20. The second-order valence-electron chi connectivity index (χ2n) is 4.81. The van der Waals surface area contributed by atoms with E-state index in [2.05, 4.69) is 6.92 Å². The van der Waals surface area contributed by atoms with Crippen LogP contribution in [0.3, 0.4) is 0 Å². The molecule has 1 amide bonds. The number of ether oxygens (including phenoxy) is 1. The fourth-order valence-corrected chi connectivity index (χ4v) is 2.21. The molecule has 0 saturated carbocycles. The number of hydrogen-bond donors (Lipinski definition) is 0. The maximum atomic E-state index is 13.3. The van der Waals surface area contributed by atoms with E-state index in [0.29, 0.717) is 5.92 Å². The van der Waals surface area contributed by atoms with Gasteiger partial charge in [-0.2, -0.15) is 0 Å². The number of likely N-dealkylation sites (tertiary alicyclic amines) is 1. The zero-order chi connectivity index (χ0) is 13.0. The lowest BCUT2D eigenvalue weighted by Crippen LogP contribution is -2.41. The Hall–Kier alpha value is -1.58. The molecule has 1 aliphatic heterocycles. The topological polar surface area (TPSA) is 29.5 Å². The first-order valence-corrected chi connectivity index (χ1v) is 6.32. The Kier molecular flexibility index (Phi) is 4.18. The van der Waals surface area contributed by atoms with Crippen LogP contribution in [0.5, 0.6) is 5.75 Å². The highest BCUT2D eigenvalue weighted by Gasteiger charge is 2.21. The maximum Gasteiger partial charge on any atom is 0.260 e. The maximum absolute atomic E-state index is 13.3. The predicted octanol–water partition coefficient (Wildman–Crippen LogP) is 2.46. The van der Waals surface area contributed by atoms with Gasteiger partial charge in [-0.15, -0.1) is 0 Å². The van der Waals surface area contributed by atoms with Gasteiger partial charge in [0.15, 0.2) is 18.2 Å². The third-order valence-electron chi connectivity index (χ3n) is 3.20. The first kappa shape index (κ1) is 12.9. The van der Waals surface area contributed by atoms with E-state index in [9.17, 15) is 9.18 Å². The largest absolute Gasteiger partial charge is 0.481 e. The van der Waals surface area contributed by atoms with Crippen LogP contribution < -0.4 is 4.74 Å². The van der Waals surface area contributed by atoms with E-state index < -0.39 is 5.82 Å². The lowest BCUT2D eigenvalue weighted by molar-refractivity contribution is -0.135. The number of piperidine rings is 1. The molecule has 0 unspecified atom stereocenters. The zero-order valence-corrected chi connectivity index (χ0v) is 10.6. The highest BCUT2D eigenvalue weighted by atomic mass is 19.1. The summed E-state index contributed by atoms with van der Waals surface area (Å²) in [5.74, 6) is 0.175. The van der Waals surface area contributed by atoms with Crippen LogP contribution in [0.4, 0.5) is 4.39 Å². The molecule has 0 aromatic heterocycles. The molecule has 1 aromatic rings. The van der Waals surface area contributed by atoms with Crippen molar-refractivity contribution in [1.82, 2.24) is 4.90 Å². The Morgan fingerprint density at radius 1 is 1.50 bits per heavy atom. The summed E-state index contributed by atoms with van der Waals surface area (Å²) in [5, 5.41) is 0. The quantitative estimate of drug-likeness (QED) is 0.826. The molecule has 0 radical (unpaired) electrons. The standard InChI is InChI=1S/C14H18FNO2/c1-11-5-4-8-16(9-11)14(17)10-18-13-7-3-2-6-12(13)15/h2-3,6-7,11H,4-5,8-10H2,1H3/t11-/m1/s1. The molecule has 2 rings (SSSR count). The number of halogens is 1. The summed E-state index contributed by atoms with van der Waals surface area (Å²) in [7, 11) is 0. The molecule has 0 N–H and O–H groups in total. The number of para-hydroxylation sites is 1. The van der Waals surface area contributed by atoms with Crippen molar-refractivity contribution in [3.05, 3.63) is 30.1 Å². The molecule has 1 atom stereocenters. The molecule has 1 aromatic carbocycles. The number of rotatable bonds is 3. The first-order chi connectivity index (χ1) is 8.66. The van der Waals surface area contributed by atoms with E-state index in [4.69, 9.17) is 4.74 Å². The Morgan fingerprint density at radius 3 is 3.00 bits per heavy atom. The van der Waals surface area contributed by atoms with Crippen LogP contribution in [0.1, 0.15) is 19.8 Å². The van der Waals surface area contributed by atoms with Crippen molar-refractivity contribution in [2.24, 2.45) is 5.92 Å². The molecule has 0 aliphatic carbocycles. The highest BCUT2D eigenvalue weighted by molar-refractivity contribution is 5.77. The second-order valence-corrected chi connectivity index (χ2v) is 4.81. The van der Waals surface area contributed by atoms with Gasteiger partial charge in [-0.05, 0) is 30.9 Å². The van der Waals surface area contributed by atoms with Crippen LogP contribution in [0, 0.1) is 11.7 Å². The van der Waals surface area contributed by atoms with Crippen LogP contribution >= 0.6 is 0 Å². The molecule has 18 heavy (non-hydrogen) atoms. The minimum absolute atomic E-state index is 0.0650. The number of carbonyl (C=O) groups is 1. The van der Waals surface area contributed by atoms with Crippen LogP contribution in [0.2, 0.25) is 0 Å². The van der Waals surface area contributed by atoms with Gasteiger partial charge < -0.3 is 9.64 Å². The van der Waals surface area contributed by atoms with Crippen molar-refractivity contribution >= 4 is 5.91 Å². The molecule has 3 nitrogen and oxygen atoms in total. The Labute approximate surface area is 107 Å². The van der Waals surface area contributed by atoms with E-state index in [1.54, 1.807) is 17.0 Å². The lowest BCUT2D eigenvalue weighted by Gasteiger charge is -2.30. The summed E-state index contributed by atoms with van der Waals surface area (Å²) in [5.41, 5.74) is 0. The molecule has 1 aliphatic rings. The average molecular weight is 251 g/mol. The monoisotopic (exact) mass is 251 g/mol. The molecule has 98 valence electrons. The van der Waals surface area contributed by atoms with Gasteiger partial charge in [-0.1, -0.05) is 19.1 Å². The zero-order valence-electron chi connectivity index (χ0n) is 10.6. The van der Waals surface area contributed by atoms with E-state index >= 15 is 0 Å². The molecule has 1 saturated heterocycles. The number of carbonyl (C=O) groups excluding carboxylic acids is 1. The molecule has 1 fully saturated rings. The molecular formula is C14H18FNO2. The van der Waals surface area contributed by atoms with Crippen LogP contribution in [-0.4, -0.2) is 30.5 Å². The Bertz CT molecular complexity index is 422. The summed E-state index contributed by atoms with van der Waals surface area (Å²) in [4.78, 5) is 13.7. The first-order valence-electron chi connectivity index (χ1n) is 6.32. The predicted molar refractivity (Wildman–Crippen MR) is 66.9 cm³/mol. The van der Waals surface area contributed by atoms with Gasteiger partial charge in [0.1, 0.15) is 0 Å². The Morgan fingerprint density at radius 2 is 2.28 bits per heavy atom. The van der Waals surface area contributed by atoms with Crippen molar-refractivity contribution in [1.29, 1.82) is 0 Å². The summed E-state index contributed by atoms with van der Waals surface area (Å²) in [6, 6.07) is 6.13. The SMILES string of the molecule is C[C@@H]1CCCN(C(=O)COc2ccccc2F)C1. The Balaban J connectivity index is 1.86. The number of nitrogens with zero attached hydrogens (tertiary/aromatic N) is 1. The van der Waals surface area contributed by atoms with Gasteiger partial charge >= 0.3 is 0 Å². The fraction of sp³-hybridized carbons (Fsp3) is 0.500. The normalized spacial score (nSPS) is 19.7. The smallest absolute Gasteiger partial charge is 0.260 e. The van der Waals surface area contributed by atoms with E-state index in [0.717, 1.165) is 25.9 Å². The lowest BCUT2D eigenvalue weighted by atomic mass is 10.0. The third kappa shape index (κ3) is 3.22. The van der Waals surface area contributed by atoms with Gasteiger partial charge in [0.2, 0.25) is 0 Å². The third-order valence-corrected chi connectivity index (χ3v) is 3.20.